The van der Waals surface area contributed by atoms with Gasteiger partial charge in [0, 0.05) is 39.3 Å². The summed E-state index contributed by atoms with van der Waals surface area (Å²) in [6.45, 7) is 7.83. The Bertz CT molecular complexity index is 317. The molecule has 1 aliphatic rings. The van der Waals surface area contributed by atoms with Gasteiger partial charge in [0.15, 0.2) is 0 Å². The summed E-state index contributed by atoms with van der Waals surface area (Å²) in [6, 6.07) is 0. The Morgan fingerprint density at radius 2 is 1.00 bits per heavy atom. The van der Waals surface area contributed by atoms with Crippen LogP contribution in [-0.4, -0.2) is 96.2 Å². The highest BCUT2D eigenvalue weighted by Gasteiger charge is 2.19. The summed E-state index contributed by atoms with van der Waals surface area (Å²) >= 11 is 0. The fourth-order valence-electron chi connectivity index (χ4n) is 2.48. The number of carbonyl (C=O) groups excluding carboxylic acids is 2. The summed E-state index contributed by atoms with van der Waals surface area (Å²) in [5.41, 5.74) is 0. The summed E-state index contributed by atoms with van der Waals surface area (Å²) in [4.78, 5) is 39.4. The number of rotatable bonds is 6. The van der Waals surface area contributed by atoms with Crippen LogP contribution < -0.4 is 0 Å². The number of carbonyl (C=O) groups is 3. The van der Waals surface area contributed by atoms with E-state index < -0.39 is 5.97 Å². The Kier molecular flexibility index (Phi) is 7.49. The van der Waals surface area contributed by atoms with Crippen molar-refractivity contribution in [3.63, 3.8) is 0 Å². The van der Waals surface area contributed by atoms with E-state index in [9.17, 15) is 14.4 Å². The van der Waals surface area contributed by atoms with Crippen molar-refractivity contribution in [3.05, 3.63) is 0 Å². The van der Waals surface area contributed by atoms with Crippen LogP contribution in [0.1, 0.15) is 13.8 Å². The van der Waals surface area contributed by atoms with E-state index in [0.717, 1.165) is 0 Å². The van der Waals surface area contributed by atoms with Crippen LogP contribution in [0.25, 0.3) is 0 Å². The molecule has 0 aromatic carbocycles. The molecule has 0 amide bonds. The minimum absolute atomic E-state index is 0.0121. The maximum Gasteiger partial charge on any atom is 0.317 e. The number of carboxylic acids is 1. The third kappa shape index (κ3) is 7.89. The van der Waals surface area contributed by atoms with Gasteiger partial charge in [-0.3, -0.25) is 29.1 Å². The van der Waals surface area contributed by atoms with E-state index in [1.165, 1.54) is 0 Å². The number of carboxylic acid groups (broad SMARTS) is 1. The predicted octanol–water partition coefficient (Wildman–Crippen LogP) is -0.831. The zero-order valence-electron chi connectivity index (χ0n) is 12.9. The summed E-state index contributed by atoms with van der Waals surface area (Å²) < 4.78 is 0. The Balaban J connectivity index is 2.68. The molecule has 0 atom stereocenters. The molecular weight excluding hydrogens is 274 g/mol. The van der Waals surface area contributed by atoms with Gasteiger partial charge in [-0.25, -0.2) is 0 Å². The van der Waals surface area contributed by atoms with E-state index in [1.54, 1.807) is 13.8 Å². The van der Waals surface area contributed by atoms with Crippen molar-refractivity contribution in [1.82, 2.24) is 14.7 Å². The normalized spacial score (nSPS) is 19.5. The topological polar surface area (TPSA) is 81.2 Å². The molecule has 1 aliphatic heterocycles. The lowest BCUT2D eigenvalue weighted by atomic mass is 10.3. The molecule has 1 fully saturated rings. The molecule has 1 rings (SSSR count). The van der Waals surface area contributed by atoms with Gasteiger partial charge in [-0.05, 0) is 13.8 Å². The van der Waals surface area contributed by atoms with Crippen LogP contribution in [0.3, 0.4) is 0 Å². The molecule has 1 saturated heterocycles. The number of Topliss-reactive ketones (excluding diaryl/α,β-unsaturated/α-hetero) is 2. The summed E-state index contributed by atoms with van der Waals surface area (Å²) in [5.74, 6) is -0.667. The second kappa shape index (κ2) is 8.86. The van der Waals surface area contributed by atoms with Crippen molar-refractivity contribution in [2.75, 3.05) is 58.9 Å². The van der Waals surface area contributed by atoms with Gasteiger partial charge in [-0.15, -0.1) is 0 Å². The average molecular weight is 299 g/mol. The summed E-state index contributed by atoms with van der Waals surface area (Å²) in [7, 11) is 0. The first kappa shape index (κ1) is 17.7. The van der Waals surface area contributed by atoms with Crippen LogP contribution in [0.15, 0.2) is 0 Å². The van der Waals surface area contributed by atoms with Gasteiger partial charge in [-0.2, -0.15) is 0 Å². The van der Waals surface area contributed by atoms with Crippen LogP contribution in [0.5, 0.6) is 0 Å². The lowest BCUT2D eigenvalue weighted by Gasteiger charge is -2.24. The first-order valence-electron chi connectivity index (χ1n) is 7.24. The number of aliphatic carboxylic acids is 1. The molecule has 0 aromatic heterocycles. The standard InChI is InChI=1S/C14H25N3O4/c1-12(18)9-15-3-4-16(10-13(2)19)6-8-17(7-5-15)11-14(20)21/h3-11H2,1-2H3,(H,20,21). The van der Waals surface area contributed by atoms with Gasteiger partial charge in [0.25, 0.3) is 0 Å². The lowest BCUT2D eigenvalue weighted by Crippen LogP contribution is -2.40. The molecule has 21 heavy (non-hydrogen) atoms. The Morgan fingerprint density at radius 3 is 1.24 bits per heavy atom. The molecule has 0 saturated carbocycles. The summed E-state index contributed by atoms with van der Waals surface area (Å²) in [5, 5.41) is 8.94. The highest BCUT2D eigenvalue weighted by molar-refractivity contribution is 5.78. The Morgan fingerprint density at radius 1 is 0.714 bits per heavy atom. The Labute approximate surface area is 125 Å². The van der Waals surface area contributed by atoms with Crippen LogP contribution in [-0.2, 0) is 14.4 Å². The zero-order valence-corrected chi connectivity index (χ0v) is 12.9. The maximum absolute atomic E-state index is 11.3. The molecule has 0 radical (unpaired) electrons. The number of hydrogen-bond acceptors (Lipinski definition) is 6. The first-order valence-corrected chi connectivity index (χ1v) is 7.24. The SMILES string of the molecule is CC(=O)CN1CCN(CC(C)=O)CCN(CC(=O)O)CC1. The molecule has 0 unspecified atom stereocenters. The highest BCUT2D eigenvalue weighted by atomic mass is 16.4. The summed E-state index contributed by atoms with van der Waals surface area (Å²) in [6.07, 6.45) is 0. The van der Waals surface area contributed by atoms with Crippen LogP contribution in [0.4, 0.5) is 0 Å². The molecule has 0 spiro atoms. The second-order valence-corrected chi connectivity index (χ2v) is 5.63. The molecule has 0 aliphatic carbocycles. The lowest BCUT2D eigenvalue weighted by molar-refractivity contribution is -0.138. The van der Waals surface area contributed by atoms with Crippen LogP contribution >= 0.6 is 0 Å². The monoisotopic (exact) mass is 299 g/mol. The number of nitrogens with zero attached hydrogens (tertiary/aromatic N) is 3. The van der Waals surface area contributed by atoms with Crippen molar-refractivity contribution in [2.24, 2.45) is 0 Å². The van der Waals surface area contributed by atoms with Gasteiger partial charge in [0.1, 0.15) is 11.6 Å². The minimum Gasteiger partial charge on any atom is -0.480 e. The smallest absolute Gasteiger partial charge is 0.317 e. The quantitative estimate of drug-likeness (QED) is 0.685. The molecule has 7 nitrogen and oxygen atoms in total. The van der Waals surface area contributed by atoms with Crippen molar-refractivity contribution in [2.45, 2.75) is 13.8 Å². The first-order chi connectivity index (χ1) is 9.86. The van der Waals surface area contributed by atoms with Crippen molar-refractivity contribution < 1.29 is 19.5 Å². The van der Waals surface area contributed by atoms with E-state index >= 15 is 0 Å². The largest absolute Gasteiger partial charge is 0.480 e. The van der Waals surface area contributed by atoms with Gasteiger partial charge in [-0.1, -0.05) is 0 Å². The van der Waals surface area contributed by atoms with Crippen molar-refractivity contribution >= 4 is 17.5 Å². The molecule has 120 valence electrons. The second-order valence-electron chi connectivity index (χ2n) is 5.63. The molecule has 1 N–H and O–H groups in total. The van der Waals surface area contributed by atoms with Crippen LogP contribution in [0.2, 0.25) is 0 Å². The zero-order chi connectivity index (χ0) is 15.8. The third-order valence-electron chi connectivity index (χ3n) is 3.45. The molecule has 0 aromatic rings. The van der Waals surface area contributed by atoms with E-state index in [4.69, 9.17) is 5.11 Å². The molecule has 0 bridgehead atoms. The highest BCUT2D eigenvalue weighted by Crippen LogP contribution is 2.01. The van der Waals surface area contributed by atoms with Gasteiger partial charge in [0.05, 0.1) is 19.6 Å². The van der Waals surface area contributed by atoms with Crippen molar-refractivity contribution in [3.8, 4) is 0 Å². The average Bonchev–Trinajstić information content (AvgIpc) is 2.42. The van der Waals surface area contributed by atoms with Gasteiger partial charge >= 0.3 is 5.97 Å². The maximum atomic E-state index is 11.3. The molecule has 7 heteroatoms. The van der Waals surface area contributed by atoms with E-state index in [1.807, 2.05) is 14.7 Å². The Hall–Kier alpha value is -1.31. The fourth-order valence-corrected chi connectivity index (χ4v) is 2.48. The third-order valence-corrected chi connectivity index (χ3v) is 3.45. The van der Waals surface area contributed by atoms with E-state index in [-0.39, 0.29) is 18.1 Å². The van der Waals surface area contributed by atoms with Crippen molar-refractivity contribution in [1.29, 1.82) is 0 Å². The minimum atomic E-state index is -0.856. The van der Waals surface area contributed by atoms with Gasteiger partial charge in [0.2, 0.25) is 0 Å². The number of hydrogen-bond donors (Lipinski definition) is 1. The van der Waals surface area contributed by atoms with Crippen LogP contribution in [0, 0.1) is 0 Å². The molecular formula is C14H25N3O4. The molecule has 1 heterocycles. The predicted molar refractivity (Wildman–Crippen MR) is 78.3 cm³/mol. The van der Waals surface area contributed by atoms with E-state index in [0.29, 0.717) is 52.4 Å². The number of ketones is 2. The van der Waals surface area contributed by atoms with E-state index in [2.05, 4.69) is 0 Å². The fraction of sp³-hybridized carbons (Fsp3) is 0.786. The van der Waals surface area contributed by atoms with Gasteiger partial charge < -0.3 is 5.11 Å².